The van der Waals surface area contributed by atoms with E-state index in [1.54, 1.807) is 0 Å². The van der Waals surface area contributed by atoms with Crippen LogP contribution in [0.3, 0.4) is 0 Å². The van der Waals surface area contributed by atoms with E-state index in [9.17, 15) is 44.3 Å². The Bertz CT molecular complexity index is 1320. The number of likely N-dealkylation sites (tertiary alicyclic amines) is 1. The molecular formula is C25H26F6N2O5S. The molecule has 2 aromatic rings. The van der Waals surface area contributed by atoms with Gasteiger partial charge in [0, 0.05) is 18.7 Å². The SMILES string of the molecule is CC(C)(C1CCN(C(=O)[C@@](N)(OC(=O)C(F)(F)F)c2ccccc2)CC1)S(=O)(=O)c1cccc(C(F)(F)F)c1. The van der Waals surface area contributed by atoms with Gasteiger partial charge in [-0.05, 0) is 50.8 Å². The van der Waals surface area contributed by atoms with Gasteiger partial charge in [-0.15, -0.1) is 0 Å². The van der Waals surface area contributed by atoms with Crippen LogP contribution in [0.4, 0.5) is 26.3 Å². The van der Waals surface area contributed by atoms with Crippen molar-refractivity contribution in [3.63, 3.8) is 0 Å². The van der Waals surface area contributed by atoms with Crippen molar-refractivity contribution in [2.75, 3.05) is 13.1 Å². The number of sulfone groups is 1. The van der Waals surface area contributed by atoms with E-state index >= 15 is 0 Å². The van der Waals surface area contributed by atoms with Crippen molar-refractivity contribution in [2.24, 2.45) is 11.7 Å². The molecule has 3 rings (SSSR count). The number of esters is 1. The smallest absolute Gasteiger partial charge is 0.423 e. The monoisotopic (exact) mass is 580 g/mol. The summed E-state index contributed by atoms with van der Waals surface area (Å²) in [5.74, 6) is -4.43. The maximum Gasteiger partial charge on any atom is 0.491 e. The molecule has 39 heavy (non-hydrogen) atoms. The highest BCUT2D eigenvalue weighted by atomic mass is 32.2. The maximum absolute atomic E-state index is 13.4. The number of hydrogen-bond acceptors (Lipinski definition) is 6. The minimum Gasteiger partial charge on any atom is -0.423 e. The molecule has 214 valence electrons. The first-order chi connectivity index (χ1) is 17.8. The van der Waals surface area contributed by atoms with E-state index in [0.717, 1.165) is 23.1 Å². The Balaban J connectivity index is 1.83. The molecule has 2 aromatic carbocycles. The molecular weight excluding hydrogens is 554 g/mol. The molecule has 7 nitrogen and oxygen atoms in total. The van der Waals surface area contributed by atoms with E-state index in [0.29, 0.717) is 6.07 Å². The number of hydrogen-bond donors (Lipinski definition) is 1. The quantitative estimate of drug-likeness (QED) is 0.308. The molecule has 2 N–H and O–H groups in total. The highest BCUT2D eigenvalue weighted by molar-refractivity contribution is 7.92. The predicted molar refractivity (Wildman–Crippen MR) is 126 cm³/mol. The van der Waals surface area contributed by atoms with Gasteiger partial charge in [0.2, 0.25) is 0 Å². The van der Waals surface area contributed by atoms with Gasteiger partial charge in [-0.2, -0.15) is 26.3 Å². The number of benzene rings is 2. The van der Waals surface area contributed by atoms with E-state index in [-0.39, 0.29) is 31.5 Å². The number of halogens is 6. The summed E-state index contributed by atoms with van der Waals surface area (Å²) in [6.07, 6.45) is -10.1. The van der Waals surface area contributed by atoms with Crippen LogP contribution >= 0.6 is 0 Å². The number of piperidine rings is 1. The third kappa shape index (κ3) is 6.06. The van der Waals surface area contributed by atoms with E-state index in [1.165, 1.54) is 44.2 Å². The molecule has 0 unspecified atom stereocenters. The molecule has 0 aliphatic carbocycles. The van der Waals surface area contributed by atoms with Crippen LogP contribution < -0.4 is 5.73 Å². The van der Waals surface area contributed by atoms with Crippen molar-refractivity contribution < 1.29 is 49.1 Å². The predicted octanol–water partition coefficient (Wildman–Crippen LogP) is 4.41. The van der Waals surface area contributed by atoms with Crippen molar-refractivity contribution in [2.45, 2.75) is 54.4 Å². The van der Waals surface area contributed by atoms with Gasteiger partial charge in [0.25, 0.3) is 11.6 Å². The lowest BCUT2D eigenvalue weighted by molar-refractivity contribution is -0.217. The maximum atomic E-state index is 13.4. The van der Waals surface area contributed by atoms with Crippen molar-refractivity contribution in [1.82, 2.24) is 4.90 Å². The molecule has 0 spiro atoms. The first kappa shape index (κ1) is 30.4. The van der Waals surface area contributed by atoms with Gasteiger partial charge in [-0.1, -0.05) is 36.4 Å². The van der Waals surface area contributed by atoms with Gasteiger partial charge >= 0.3 is 18.3 Å². The highest BCUT2D eigenvalue weighted by Gasteiger charge is 2.52. The first-order valence-electron chi connectivity index (χ1n) is 11.7. The Labute approximate surface area is 220 Å². The summed E-state index contributed by atoms with van der Waals surface area (Å²) in [7, 11) is -4.28. The molecule has 1 fully saturated rings. The zero-order valence-electron chi connectivity index (χ0n) is 20.8. The first-order valence-corrected chi connectivity index (χ1v) is 13.2. The molecule has 0 aromatic heterocycles. The van der Waals surface area contributed by atoms with Crippen molar-refractivity contribution in [3.05, 3.63) is 65.7 Å². The van der Waals surface area contributed by atoms with Crippen molar-refractivity contribution in [1.29, 1.82) is 0 Å². The molecule has 0 bridgehead atoms. The Morgan fingerprint density at radius 3 is 1.95 bits per heavy atom. The van der Waals surface area contributed by atoms with Gasteiger partial charge in [-0.3, -0.25) is 10.5 Å². The Hall–Kier alpha value is -3.13. The van der Waals surface area contributed by atoms with Gasteiger partial charge in [0.15, 0.2) is 9.84 Å². The number of carbonyl (C=O) groups is 2. The van der Waals surface area contributed by atoms with Crippen LogP contribution in [-0.4, -0.2) is 49.2 Å². The number of nitrogens with two attached hydrogens (primary N) is 1. The summed E-state index contributed by atoms with van der Waals surface area (Å²) >= 11 is 0. The Morgan fingerprint density at radius 1 is 0.897 bits per heavy atom. The van der Waals surface area contributed by atoms with Crippen LogP contribution in [0.1, 0.15) is 37.8 Å². The second-order valence-corrected chi connectivity index (χ2v) is 12.2. The van der Waals surface area contributed by atoms with E-state index in [2.05, 4.69) is 4.74 Å². The van der Waals surface area contributed by atoms with Crippen LogP contribution in [0.15, 0.2) is 59.5 Å². The zero-order chi connectivity index (χ0) is 29.4. The van der Waals surface area contributed by atoms with E-state index in [1.807, 2.05) is 0 Å². The fourth-order valence-electron chi connectivity index (χ4n) is 4.49. The molecule has 1 amide bonds. The van der Waals surface area contributed by atoms with Crippen LogP contribution in [0, 0.1) is 5.92 Å². The van der Waals surface area contributed by atoms with E-state index < -0.39 is 60.9 Å². The van der Waals surface area contributed by atoms with Gasteiger partial charge in [0.05, 0.1) is 15.2 Å². The van der Waals surface area contributed by atoms with Crippen LogP contribution in [-0.2, 0) is 36.1 Å². The van der Waals surface area contributed by atoms with Crippen LogP contribution in [0.25, 0.3) is 0 Å². The number of ether oxygens (including phenoxy) is 1. The Kier molecular flexibility index (Phi) is 8.15. The Morgan fingerprint density at radius 2 is 1.44 bits per heavy atom. The molecule has 0 radical (unpaired) electrons. The van der Waals surface area contributed by atoms with Gasteiger partial charge < -0.3 is 9.64 Å². The number of nitrogens with zero attached hydrogens (tertiary/aromatic N) is 1. The molecule has 1 aliphatic rings. The molecule has 1 saturated heterocycles. The lowest BCUT2D eigenvalue weighted by Gasteiger charge is -2.42. The molecule has 14 heteroatoms. The minimum absolute atomic E-state index is 0.0367. The number of rotatable bonds is 6. The summed E-state index contributed by atoms with van der Waals surface area (Å²) in [5, 5.41) is 0. The standard InChI is InChI=1S/C25H26F6N2O5S/c1-22(2,39(36,37)19-10-6-9-18(15-19)24(26,27)28)16-11-13-33(14-12-16)20(34)23(32,17-7-4-3-5-8-17)38-21(35)25(29,30)31/h3-10,15-16H,11-14,32H2,1-2H3/t23-/m0/s1. The second kappa shape index (κ2) is 10.5. The zero-order valence-corrected chi connectivity index (χ0v) is 21.7. The van der Waals surface area contributed by atoms with Crippen molar-refractivity contribution >= 4 is 21.7 Å². The fourth-order valence-corrected chi connectivity index (χ4v) is 6.31. The minimum atomic E-state index is -5.42. The number of amides is 1. The summed E-state index contributed by atoms with van der Waals surface area (Å²) in [6, 6.07) is 10.1. The fraction of sp³-hybridized carbons (Fsp3) is 0.440. The van der Waals surface area contributed by atoms with Crippen LogP contribution in [0.2, 0.25) is 0 Å². The topological polar surface area (TPSA) is 107 Å². The van der Waals surface area contributed by atoms with Crippen molar-refractivity contribution in [3.8, 4) is 0 Å². The summed E-state index contributed by atoms with van der Waals surface area (Å²) < 4.78 is 108. The highest BCUT2D eigenvalue weighted by Crippen LogP contribution is 2.40. The lowest BCUT2D eigenvalue weighted by atomic mass is 9.85. The third-order valence-corrected chi connectivity index (χ3v) is 9.53. The summed E-state index contributed by atoms with van der Waals surface area (Å²) in [6.45, 7) is 2.43. The van der Waals surface area contributed by atoms with E-state index in [4.69, 9.17) is 5.73 Å². The average molecular weight is 581 g/mol. The average Bonchev–Trinajstić information content (AvgIpc) is 2.87. The van der Waals surface area contributed by atoms with Crippen LogP contribution in [0.5, 0.6) is 0 Å². The van der Waals surface area contributed by atoms with Gasteiger partial charge in [-0.25, -0.2) is 13.2 Å². The second-order valence-electron chi connectivity index (χ2n) is 9.69. The molecule has 0 saturated carbocycles. The molecule has 1 aliphatic heterocycles. The molecule has 1 heterocycles. The number of alkyl halides is 6. The number of carbonyl (C=O) groups excluding carboxylic acids is 2. The van der Waals surface area contributed by atoms with Gasteiger partial charge in [0.1, 0.15) is 0 Å². The summed E-state index contributed by atoms with van der Waals surface area (Å²) in [5.41, 5.74) is 1.86. The third-order valence-electron chi connectivity index (χ3n) is 6.94. The lowest BCUT2D eigenvalue weighted by Crippen LogP contribution is -2.58. The molecule has 1 atom stereocenters. The normalized spacial score (nSPS) is 17.4. The summed E-state index contributed by atoms with van der Waals surface area (Å²) in [4.78, 5) is 25.5. The largest absolute Gasteiger partial charge is 0.491 e.